The molecule has 0 fully saturated rings. The van der Waals surface area contributed by atoms with Gasteiger partial charge in [-0.05, 0) is 62.2 Å². The SMILES string of the molecule is COc1c(Br)cc(NC(=O)c2cc(Br)ccc2O)cc1Br. The van der Waals surface area contributed by atoms with Crippen molar-refractivity contribution < 1.29 is 14.6 Å². The lowest BCUT2D eigenvalue weighted by atomic mass is 10.2. The first-order chi connectivity index (χ1) is 9.92. The van der Waals surface area contributed by atoms with Crippen molar-refractivity contribution in [1.29, 1.82) is 0 Å². The molecule has 0 radical (unpaired) electrons. The van der Waals surface area contributed by atoms with Crippen molar-refractivity contribution in [2.75, 3.05) is 12.4 Å². The number of hydrogen-bond donors (Lipinski definition) is 2. The van der Waals surface area contributed by atoms with E-state index in [1.807, 2.05) is 0 Å². The van der Waals surface area contributed by atoms with Crippen LogP contribution in [-0.4, -0.2) is 18.1 Å². The van der Waals surface area contributed by atoms with Gasteiger partial charge in [-0.25, -0.2) is 0 Å². The van der Waals surface area contributed by atoms with Gasteiger partial charge in [0.1, 0.15) is 11.5 Å². The molecule has 0 aliphatic heterocycles. The van der Waals surface area contributed by atoms with Crippen LogP contribution in [0.15, 0.2) is 43.7 Å². The summed E-state index contributed by atoms with van der Waals surface area (Å²) in [5.74, 6) is 0.151. The van der Waals surface area contributed by atoms with Gasteiger partial charge in [0.25, 0.3) is 5.91 Å². The molecular formula is C14H10Br3NO3. The van der Waals surface area contributed by atoms with Crippen LogP contribution in [-0.2, 0) is 0 Å². The highest BCUT2D eigenvalue weighted by molar-refractivity contribution is 9.11. The molecule has 110 valence electrons. The molecule has 0 atom stereocenters. The van der Waals surface area contributed by atoms with Crippen molar-refractivity contribution in [1.82, 2.24) is 0 Å². The molecule has 0 saturated carbocycles. The number of aromatic hydroxyl groups is 1. The van der Waals surface area contributed by atoms with Gasteiger partial charge < -0.3 is 15.2 Å². The largest absolute Gasteiger partial charge is 0.507 e. The fraction of sp³-hybridized carbons (Fsp3) is 0.0714. The normalized spacial score (nSPS) is 10.3. The molecule has 0 heterocycles. The third-order valence-corrected chi connectivity index (χ3v) is 4.33. The third-order valence-electron chi connectivity index (χ3n) is 2.66. The van der Waals surface area contributed by atoms with E-state index < -0.39 is 5.91 Å². The standard InChI is InChI=1S/C14H10Br3NO3/c1-21-13-10(16)5-8(6-11(13)17)18-14(20)9-4-7(15)2-3-12(9)19/h2-6,19H,1H3,(H,18,20). The second kappa shape index (κ2) is 6.81. The molecule has 0 bridgehead atoms. The van der Waals surface area contributed by atoms with Gasteiger partial charge in [0.05, 0.1) is 21.6 Å². The second-order valence-corrected chi connectivity index (χ2v) is 6.71. The molecule has 2 aromatic rings. The highest BCUT2D eigenvalue weighted by Crippen LogP contribution is 2.36. The van der Waals surface area contributed by atoms with Crippen molar-refractivity contribution >= 4 is 59.4 Å². The number of ether oxygens (including phenoxy) is 1. The summed E-state index contributed by atoms with van der Waals surface area (Å²) in [5, 5.41) is 12.5. The maximum absolute atomic E-state index is 12.2. The van der Waals surface area contributed by atoms with Crippen LogP contribution in [0.1, 0.15) is 10.4 Å². The fourth-order valence-electron chi connectivity index (χ4n) is 1.72. The van der Waals surface area contributed by atoms with Crippen LogP contribution >= 0.6 is 47.8 Å². The maximum Gasteiger partial charge on any atom is 0.259 e. The summed E-state index contributed by atoms with van der Waals surface area (Å²) in [6.45, 7) is 0. The molecule has 1 amide bonds. The molecule has 4 nitrogen and oxygen atoms in total. The Labute approximate surface area is 146 Å². The van der Waals surface area contributed by atoms with E-state index in [0.717, 1.165) is 0 Å². The van der Waals surface area contributed by atoms with Crippen LogP contribution in [0.2, 0.25) is 0 Å². The van der Waals surface area contributed by atoms with E-state index in [1.165, 1.54) is 6.07 Å². The molecular weight excluding hydrogens is 470 g/mol. The van der Waals surface area contributed by atoms with Crippen LogP contribution in [0.4, 0.5) is 5.69 Å². The molecule has 0 aliphatic rings. The lowest BCUT2D eigenvalue weighted by Crippen LogP contribution is -2.12. The van der Waals surface area contributed by atoms with Crippen LogP contribution in [0.3, 0.4) is 0 Å². The molecule has 2 aromatic carbocycles. The minimum atomic E-state index is -0.405. The predicted molar refractivity (Wildman–Crippen MR) is 92.2 cm³/mol. The summed E-state index contributed by atoms with van der Waals surface area (Å²) in [7, 11) is 1.56. The van der Waals surface area contributed by atoms with Gasteiger partial charge in [0.15, 0.2) is 0 Å². The van der Waals surface area contributed by atoms with E-state index in [9.17, 15) is 9.90 Å². The maximum atomic E-state index is 12.2. The number of phenols is 1. The molecule has 0 saturated heterocycles. The number of carbonyl (C=O) groups is 1. The van der Waals surface area contributed by atoms with Gasteiger partial charge in [0.2, 0.25) is 0 Å². The number of anilines is 1. The van der Waals surface area contributed by atoms with E-state index in [-0.39, 0.29) is 11.3 Å². The fourth-order valence-corrected chi connectivity index (χ4v) is 3.59. The molecule has 21 heavy (non-hydrogen) atoms. The average molecular weight is 480 g/mol. The zero-order chi connectivity index (χ0) is 15.6. The van der Waals surface area contributed by atoms with E-state index in [4.69, 9.17) is 4.74 Å². The Morgan fingerprint density at radius 2 is 1.76 bits per heavy atom. The summed E-state index contributed by atoms with van der Waals surface area (Å²) < 4.78 is 7.32. The smallest absolute Gasteiger partial charge is 0.259 e. The van der Waals surface area contributed by atoms with Crippen molar-refractivity contribution in [3.05, 3.63) is 49.3 Å². The average Bonchev–Trinajstić information content (AvgIpc) is 2.41. The van der Waals surface area contributed by atoms with Crippen molar-refractivity contribution in [3.63, 3.8) is 0 Å². The Morgan fingerprint density at radius 1 is 1.14 bits per heavy atom. The number of methoxy groups -OCH3 is 1. The summed E-state index contributed by atoms with van der Waals surface area (Å²) in [5.41, 5.74) is 0.756. The number of amides is 1. The number of phenolic OH excluding ortho intramolecular Hbond substituents is 1. The van der Waals surface area contributed by atoms with Gasteiger partial charge in [-0.2, -0.15) is 0 Å². The molecule has 2 rings (SSSR count). The summed E-state index contributed by atoms with van der Waals surface area (Å²) in [4.78, 5) is 12.2. The van der Waals surface area contributed by atoms with Gasteiger partial charge in [0, 0.05) is 10.2 Å². The zero-order valence-electron chi connectivity index (χ0n) is 10.8. The van der Waals surface area contributed by atoms with Crippen molar-refractivity contribution in [3.8, 4) is 11.5 Å². The topological polar surface area (TPSA) is 58.6 Å². The van der Waals surface area contributed by atoms with E-state index in [1.54, 1.807) is 31.4 Å². The number of nitrogens with one attached hydrogen (secondary N) is 1. The second-order valence-electron chi connectivity index (χ2n) is 4.09. The highest BCUT2D eigenvalue weighted by atomic mass is 79.9. The molecule has 2 N–H and O–H groups in total. The zero-order valence-corrected chi connectivity index (χ0v) is 15.5. The van der Waals surface area contributed by atoms with Gasteiger partial charge in [-0.15, -0.1) is 0 Å². The Hall–Kier alpha value is -1.05. The minimum Gasteiger partial charge on any atom is -0.507 e. The summed E-state index contributed by atoms with van der Waals surface area (Å²) >= 11 is 10.0. The van der Waals surface area contributed by atoms with Crippen LogP contribution in [0.25, 0.3) is 0 Å². The van der Waals surface area contributed by atoms with Crippen LogP contribution < -0.4 is 10.1 Å². The number of hydrogen-bond acceptors (Lipinski definition) is 3. The predicted octanol–water partition coefficient (Wildman–Crippen LogP) is 4.94. The van der Waals surface area contributed by atoms with Gasteiger partial charge >= 0.3 is 0 Å². The summed E-state index contributed by atoms with van der Waals surface area (Å²) in [6, 6.07) is 8.11. The molecule has 0 aliphatic carbocycles. The van der Waals surface area contributed by atoms with Crippen molar-refractivity contribution in [2.45, 2.75) is 0 Å². The summed E-state index contributed by atoms with van der Waals surface area (Å²) in [6.07, 6.45) is 0. The van der Waals surface area contributed by atoms with Gasteiger partial charge in [-0.3, -0.25) is 4.79 Å². The first-order valence-corrected chi connectivity index (χ1v) is 8.13. The third kappa shape index (κ3) is 3.78. The number of halogens is 3. The Morgan fingerprint density at radius 3 is 2.33 bits per heavy atom. The number of carbonyl (C=O) groups excluding carboxylic acids is 1. The Bertz CT molecular complexity index is 681. The molecule has 0 aromatic heterocycles. The van der Waals surface area contributed by atoms with Crippen LogP contribution in [0, 0.1) is 0 Å². The van der Waals surface area contributed by atoms with E-state index in [2.05, 4.69) is 53.1 Å². The molecule has 0 unspecified atom stereocenters. The number of rotatable bonds is 3. The van der Waals surface area contributed by atoms with Crippen LogP contribution in [0.5, 0.6) is 11.5 Å². The lowest BCUT2D eigenvalue weighted by Gasteiger charge is -2.11. The monoisotopic (exact) mass is 477 g/mol. The molecule has 0 spiro atoms. The Kier molecular flexibility index (Phi) is 5.29. The quantitative estimate of drug-likeness (QED) is 0.655. The Balaban J connectivity index is 2.30. The van der Waals surface area contributed by atoms with Gasteiger partial charge in [-0.1, -0.05) is 15.9 Å². The first kappa shape index (κ1) is 16.3. The van der Waals surface area contributed by atoms with Crippen molar-refractivity contribution in [2.24, 2.45) is 0 Å². The number of benzene rings is 2. The minimum absolute atomic E-state index is 0.0812. The highest BCUT2D eigenvalue weighted by Gasteiger charge is 2.14. The molecule has 7 heteroatoms. The van der Waals surface area contributed by atoms with E-state index in [0.29, 0.717) is 24.9 Å². The lowest BCUT2D eigenvalue weighted by molar-refractivity contribution is 0.102. The van der Waals surface area contributed by atoms with E-state index >= 15 is 0 Å². The first-order valence-electron chi connectivity index (χ1n) is 5.75.